The molecule has 0 aromatic carbocycles. The van der Waals surface area contributed by atoms with E-state index in [1.807, 2.05) is 6.08 Å². The van der Waals surface area contributed by atoms with Gasteiger partial charge in [0, 0.05) is 12.3 Å². The van der Waals surface area contributed by atoms with Gasteiger partial charge in [0.1, 0.15) is 0 Å². The number of carbonyl (C=O) groups excluding carboxylic acids is 1. The van der Waals surface area contributed by atoms with Crippen LogP contribution in [0.4, 0.5) is 0 Å². The quantitative estimate of drug-likeness (QED) is 0.507. The van der Waals surface area contributed by atoms with Crippen LogP contribution in [0.25, 0.3) is 0 Å². The number of aliphatic hydroxyl groups excluding tert-OH is 1. The molecule has 0 amide bonds. The number of aliphatic hydroxyl groups is 1. The Balaban J connectivity index is 2.39. The number of carbonyl (C=O) groups is 2. The van der Waals surface area contributed by atoms with Gasteiger partial charge in [0.25, 0.3) is 0 Å². The van der Waals surface area contributed by atoms with Gasteiger partial charge in [0.15, 0.2) is 5.78 Å². The van der Waals surface area contributed by atoms with E-state index in [1.165, 1.54) is 0 Å². The molecule has 142 valence electrons. The predicted molar refractivity (Wildman–Crippen MR) is 105 cm³/mol. The molecule has 0 bridgehead atoms. The van der Waals surface area contributed by atoms with Crippen LogP contribution in [0.15, 0.2) is 60.8 Å². The first-order valence-electron chi connectivity index (χ1n) is 9.29. The van der Waals surface area contributed by atoms with Crippen molar-refractivity contribution in [2.45, 2.75) is 51.6 Å². The molecule has 3 atom stereocenters. The first-order chi connectivity index (χ1) is 12.5. The zero-order valence-corrected chi connectivity index (χ0v) is 15.5. The molecule has 1 rings (SSSR count). The van der Waals surface area contributed by atoms with Crippen molar-refractivity contribution in [1.82, 2.24) is 0 Å². The van der Waals surface area contributed by atoms with Crippen LogP contribution < -0.4 is 0 Å². The molecule has 2 N–H and O–H groups in total. The Labute approximate surface area is 156 Å². The van der Waals surface area contributed by atoms with Crippen LogP contribution in [-0.4, -0.2) is 28.1 Å². The van der Waals surface area contributed by atoms with Crippen LogP contribution in [0.1, 0.15) is 45.4 Å². The van der Waals surface area contributed by atoms with Crippen molar-refractivity contribution in [2.24, 2.45) is 11.8 Å². The third-order valence-corrected chi connectivity index (χ3v) is 4.18. The lowest BCUT2D eigenvalue weighted by molar-refractivity contribution is -0.137. The Morgan fingerprint density at radius 2 is 1.81 bits per heavy atom. The summed E-state index contributed by atoms with van der Waals surface area (Å²) in [6, 6.07) is 0. The maximum absolute atomic E-state index is 12.0. The number of ketones is 1. The smallest absolute Gasteiger partial charge is 0.303 e. The van der Waals surface area contributed by atoms with Gasteiger partial charge in [0.05, 0.1) is 6.10 Å². The fourth-order valence-corrected chi connectivity index (χ4v) is 2.70. The molecule has 26 heavy (non-hydrogen) atoms. The SMILES string of the molecule is CC/C=C\C/C=C\C/C=C\C[C@@H]1C=CC(=O)[C@@H]1/C=C/[C@H](O)CCC(=O)O. The minimum absolute atomic E-state index is 0.0349. The molecule has 1 aliphatic rings. The normalized spacial score (nSPS) is 21.8. The predicted octanol–water partition coefficient (Wildman–Crippen LogP) is 4.39. The van der Waals surface area contributed by atoms with Gasteiger partial charge in [-0.05, 0) is 44.1 Å². The molecule has 0 saturated carbocycles. The number of hydrogen-bond acceptors (Lipinski definition) is 3. The minimum Gasteiger partial charge on any atom is -0.481 e. The minimum atomic E-state index is -0.936. The molecule has 0 heterocycles. The fraction of sp³-hybridized carbons (Fsp3) is 0.455. The van der Waals surface area contributed by atoms with Crippen molar-refractivity contribution in [1.29, 1.82) is 0 Å². The van der Waals surface area contributed by atoms with Crippen molar-refractivity contribution in [3.63, 3.8) is 0 Å². The van der Waals surface area contributed by atoms with E-state index in [9.17, 15) is 14.7 Å². The monoisotopic (exact) mass is 358 g/mol. The Hall–Kier alpha value is -2.20. The van der Waals surface area contributed by atoms with Crippen LogP contribution in [0.3, 0.4) is 0 Å². The van der Waals surface area contributed by atoms with E-state index in [2.05, 4.69) is 43.4 Å². The second-order valence-electron chi connectivity index (χ2n) is 6.37. The molecular formula is C22H30O4. The van der Waals surface area contributed by atoms with Gasteiger partial charge in [-0.25, -0.2) is 0 Å². The molecule has 0 radical (unpaired) electrons. The van der Waals surface area contributed by atoms with Gasteiger partial charge < -0.3 is 10.2 Å². The molecular weight excluding hydrogens is 328 g/mol. The highest BCUT2D eigenvalue weighted by atomic mass is 16.4. The molecule has 0 spiro atoms. The van der Waals surface area contributed by atoms with Crippen LogP contribution in [0, 0.1) is 11.8 Å². The first-order valence-corrected chi connectivity index (χ1v) is 9.29. The average molecular weight is 358 g/mol. The molecule has 4 heteroatoms. The van der Waals surface area contributed by atoms with E-state index in [0.717, 1.165) is 25.7 Å². The van der Waals surface area contributed by atoms with Gasteiger partial charge in [0.2, 0.25) is 0 Å². The van der Waals surface area contributed by atoms with Gasteiger partial charge in [-0.2, -0.15) is 0 Å². The second kappa shape index (κ2) is 13.1. The van der Waals surface area contributed by atoms with E-state index in [1.54, 1.807) is 18.2 Å². The lowest BCUT2D eigenvalue weighted by atomic mass is 9.90. The highest BCUT2D eigenvalue weighted by Crippen LogP contribution is 2.27. The lowest BCUT2D eigenvalue weighted by Gasteiger charge is -2.13. The van der Waals surface area contributed by atoms with E-state index in [-0.39, 0.29) is 30.5 Å². The molecule has 0 aromatic rings. The van der Waals surface area contributed by atoms with E-state index in [0.29, 0.717) is 0 Å². The lowest BCUT2D eigenvalue weighted by Crippen LogP contribution is -2.14. The number of rotatable bonds is 12. The van der Waals surface area contributed by atoms with E-state index in [4.69, 9.17) is 5.11 Å². The van der Waals surface area contributed by atoms with Crippen LogP contribution in [0.5, 0.6) is 0 Å². The first kappa shape index (κ1) is 21.8. The Kier molecular flexibility index (Phi) is 11.0. The number of allylic oxidation sites excluding steroid dienone is 9. The zero-order chi connectivity index (χ0) is 19.2. The number of carboxylic acid groups (broad SMARTS) is 1. The second-order valence-corrected chi connectivity index (χ2v) is 6.37. The third-order valence-electron chi connectivity index (χ3n) is 4.18. The van der Waals surface area contributed by atoms with Crippen molar-refractivity contribution in [2.75, 3.05) is 0 Å². The molecule has 0 aromatic heterocycles. The summed E-state index contributed by atoms with van der Waals surface area (Å²) in [4.78, 5) is 22.5. The number of aliphatic carboxylic acids is 1. The van der Waals surface area contributed by atoms with Gasteiger partial charge in [-0.3, -0.25) is 9.59 Å². The standard InChI is InChI=1S/C22H30O4/c1-2-3-4-5-6-7-8-9-10-11-18-12-16-21(24)20(18)15-13-19(23)14-17-22(25)26/h3-4,6-7,9-10,12-13,15-16,18-20,23H,2,5,8,11,14,17H2,1H3,(H,25,26)/b4-3-,7-6-,10-9-,15-13+/t18-,19+,20-/m1/s1. The largest absolute Gasteiger partial charge is 0.481 e. The van der Waals surface area contributed by atoms with Crippen LogP contribution in [-0.2, 0) is 9.59 Å². The summed E-state index contributed by atoms with van der Waals surface area (Å²) in [5.41, 5.74) is 0. The summed E-state index contributed by atoms with van der Waals surface area (Å²) in [7, 11) is 0. The molecule has 0 unspecified atom stereocenters. The molecule has 1 aliphatic carbocycles. The maximum atomic E-state index is 12.0. The highest BCUT2D eigenvalue weighted by Gasteiger charge is 2.26. The highest BCUT2D eigenvalue weighted by molar-refractivity contribution is 5.95. The van der Waals surface area contributed by atoms with Crippen LogP contribution in [0.2, 0.25) is 0 Å². The Morgan fingerprint density at radius 1 is 1.15 bits per heavy atom. The van der Waals surface area contributed by atoms with E-state index < -0.39 is 12.1 Å². The van der Waals surface area contributed by atoms with Gasteiger partial charge in [-0.1, -0.05) is 61.6 Å². The molecule has 0 fully saturated rings. The molecule has 0 saturated heterocycles. The topological polar surface area (TPSA) is 74.6 Å². The van der Waals surface area contributed by atoms with Crippen molar-refractivity contribution in [3.05, 3.63) is 60.8 Å². The summed E-state index contributed by atoms with van der Waals surface area (Å²) < 4.78 is 0. The van der Waals surface area contributed by atoms with E-state index >= 15 is 0 Å². The Morgan fingerprint density at radius 3 is 2.46 bits per heavy atom. The summed E-state index contributed by atoms with van der Waals surface area (Å²) in [6.45, 7) is 2.12. The average Bonchev–Trinajstić information content (AvgIpc) is 2.96. The molecule has 0 aliphatic heterocycles. The summed E-state index contributed by atoms with van der Waals surface area (Å²) in [5.74, 6) is -1.07. The van der Waals surface area contributed by atoms with Crippen molar-refractivity contribution in [3.8, 4) is 0 Å². The summed E-state index contributed by atoms with van der Waals surface area (Å²) >= 11 is 0. The number of hydrogen-bond donors (Lipinski definition) is 2. The van der Waals surface area contributed by atoms with Crippen molar-refractivity contribution >= 4 is 11.8 Å². The zero-order valence-electron chi connectivity index (χ0n) is 15.5. The third kappa shape index (κ3) is 9.33. The number of carboxylic acids is 1. The molecule has 4 nitrogen and oxygen atoms in total. The fourth-order valence-electron chi connectivity index (χ4n) is 2.70. The maximum Gasteiger partial charge on any atom is 0.303 e. The van der Waals surface area contributed by atoms with Gasteiger partial charge >= 0.3 is 5.97 Å². The van der Waals surface area contributed by atoms with Crippen LogP contribution >= 0.6 is 0 Å². The summed E-state index contributed by atoms with van der Waals surface area (Å²) in [5, 5.41) is 18.4. The van der Waals surface area contributed by atoms with Gasteiger partial charge in [-0.15, -0.1) is 0 Å². The van der Waals surface area contributed by atoms with Crippen molar-refractivity contribution < 1.29 is 19.8 Å². The Bertz CT molecular complexity index is 581. The summed E-state index contributed by atoms with van der Waals surface area (Å²) in [6.07, 6.45) is 22.4.